The minimum atomic E-state index is 0.554. The van der Waals surface area contributed by atoms with Crippen molar-refractivity contribution in [3.05, 3.63) is 0 Å². The summed E-state index contributed by atoms with van der Waals surface area (Å²) in [6.45, 7) is 12.8. The summed E-state index contributed by atoms with van der Waals surface area (Å²) in [6.07, 6.45) is 17.0. The monoisotopic (exact) mass is 415 g/mol. The van der Waals surface area contributed by atoms with Crippen LogP contribution in [0.15, 0.2) is 5.16 Å². The predicted octanol–water partition coefficient (Wildman–Crippen LogP) is 8.11. The van der Waals surface area contributed by atoms with E-state index in [1.165, 1.54) is 82.8 Å². The van der Waals surface area contributed by atoms with Crippen LogP contribution in [0.3, 0.4) is 0 Å². The van der Waals surface area contributed by atoms with Gasteiger partial charge in [-0.25, -0.2) is 0 Å². The highest BCUT2D eigenvalue weighted by Gasteiger charge is 2.60. The lowest BCUT2D eigenvalue weighted by atomic mass is 9.44. The molecule has 0 aliphatic heterocycles. The van der Waals surface area contributed by atoms with Crippen molar-refractivity contribution in [3.63, 3.8) is 0 Å². The summed E-state index contributed by atoms with van der Waals surface area (Å²) >= 11 is 0. The molecule has 0 saturated heterocycles. The molecule has 2 heteroatoms. The lowest BCUT2D eigenvalue weighted by molar-refractivity contribution is -0.105. The number of hydrogen-bond acceptors (Lipinski definition) is 2. The molecule has 8 atom stereocenters. The molecule has 0 N–H and O–H groups in total. The fourth-order valence-corrected chi connectivity index (χ4v) is 9.30. The Morgan fingerprint density at radius 2 is 1.70 bits per heavy atom. The van der Waals surface area contributed by atoms with Crippen LogP contribution < -0.4 is 0 Å². The van der Waals surface area contributed by atoms with Gasteiger partial charge >= 0.3 is 0 Å². The highest BCUT2D eigenvalue weighted by molar-refractivity contribution is 5.85. The van der Waals surface area contributed by atoms with Crippen molar-refractivity contribution in [2.75, 3.05) is 7.11 Å². The van der Waals surface area contributed by atoms with Crippen LogP contribution in [-0.4, -0.2) is 12.8 Å². The first-order valence-electron chi connectivity index (χ1n) is 13.4. The summed E-state index contributed by atoms with van der Waals surface area (Å²) in [5, 5.41) is 4.36. The van der Waals surface area contributed by atoms with Crippen LogP contribution in [0.2, 0.25) is 0 Å². The predicted molar refractivity (Wildman–Crippen MR) is 128 cm³/mol. The quantitative estimate of drug-likeness (QED) is 0.401. The molecule has 2 unspecified atom stereocenters. The number of oxime groups is 1. The maximum absolute atomic E-state index is 5.13. The third kappa shape index (κ3) is 3.88. The summed E-state index contributed by atoms with van der Waals surface area (Å²) in [4.78, 5) is 5.13. The van der Waals surface area contributed by atoms with Gasteiger partial charge in [-0.05, 0) is 110 Å². The maximum Gasteiger partial charge on any atom is 0.106 e. The lowest BCUT2D eigenvalue weighted by Gasteiger charge is -2.60. The van der Waals surface area contributed by atoms with E-state index in [1.54, 1.807) is 7.11 Å². The van der Waals surface area contributed by atoms with Crippen molar-refractivity contribution in [2.45, 2.75) is 112 Å². The first kappa shape index (κ1) is 22.7. The van der Waals surface area contributed by atoms with Crippen LogP contribution in [-0.2, 0) is 4.84 Å². The largest absolute Gasteiger partial charge is 0.399 e. The van der Waals surface area contributed by atoms with Crippen LogP contribution in [0.5, 0.6) is 0 Å². The van der Waals surface area contributed by atoms with E-state index in [0.29, 0.717) is 10.8 Å². The van der Waals surface area contributed by atoms with E-state index >= 15 is 0 Å². The fraction of sp³-hybridized carbons (Fsp3) is 0.964. The summed E-state index contributed by atoms with van der Waals surface area (Å²) in [6, 6.07) is 0. The van der Waals surface area contributed by atoms with Gasteiger partial charge in [0.2, 0.25) is 0 Å². The molecule has 30 heavy (non-hydrogen) atoms. The molecule has 172 valence electrons. The number of rotatable bonds is 6. The van der Waals surface area contributed by atoms with E-state index in [1.807, 2.05) is 0 Å². The summed E-state index contributed by atoms with van der Waals surface area (Å²) in [5.41, 5.74) is 2.51. The van der Waals surface area contributed by atoms with Crippen molar-refractivity contribution >= 4 is 5.71 Å². The zero-order chi connectivity index (χ0) is 21.5. The third-order valence-corrected chi connectivity index (χ3v) is 10.9. The molecule has 0 bridgehead atoms. The Hall–Kier alpha value is -0.530. The van der Waals surface area contributed by atoms with Crippen LogP contribution >= 0.6 is 0 Å². The lowest BCUT2D eigenvalue weighted by Crippen LogP contribution is -2.53. The second-order valence-corrected chi connectivity index (χ2v) is 12.7. The molecule has 0 aromatic carbocycles. The van der Waals surface area contributed by atoms with Gasteiger partial charge in [-0.2, -0.15) is 0 Å². The topological polar surface area (TPSA) is 21.6 Å². The Bertz CT molecular complexity index is 626. The smallest absolute Gasteiger partial charge is 0.106 e. The van der Waals surface area contributed by atoms with Gasteiger partial charge in [-0.3, -0.25) is 0 Å². The molecule has 0 aromatic rings. The van der Waals surface area contributed by atoms with Crippen LogP contribution in [0.1, 0.15) is 112 Å². The third-order valence-electron chi connectivity index (χ3n) is 10.9. The SMILES string of the molecule is CON=C1CC[C@@]2(C)[C@H](CCC3C4CC[C@H]([C@H](C)CCCC(C)C)[C@@]4(C)CC[C@@H]32)C1. The Balaban J connectivity index is 1.45. The molecule has 2 nitrogen and oxygen atoms in total. The molecule has 0 amide bonds. The molecule has 4 saturated carbocycles. The zero-order valence-corrected chi connectivity index (χ0v) is 20.9. The van der Waals surface area contributed by atoms with Crippen molar-refractivity contribution in [1.82, 2.24) is 0 Å². The molecule has 0 radical (unpaired) electrons. The van der Waals surface area contributed by atoms with Gasteiger partial charge in [0, 0.05) is 0 Å². The molecule has 4 aliphatic rings. The minimum Gasteiger partial charge on any atom is -0.399 e. The second kappa shape index (κ2) is 8.78. The first-order valence-corrected chi connectivity index (χ1v) is 13.4. The molecule has 0 heterocycles. The highest BCUT2D eigenvalue weighted by atomic mass is 16.6. The van der Waals surface area contributed by atoms with Gasteiger partial charge in [0.1, 0.15) is 7.11 Å². The average Bonchev–Trinajstić information content (AvgIpc) is 3.05. The van der Waals surface area contributed by atoms with Gasteiger partial charge in [0.25, 0.3) is 0 Å². The van der Waals surface area contributed by atoms with E-state index in [0.717, 1.165) is 41.4 Å². The fourth-order valence-electron chi connectivity index (χ4n) is 9.30. The number of hydrogen-bond donors (Lipinski definition) is 0. The highest BCUT2D eigenvalue weighted by Crippen LogP contribution is 2.68. The molecule has 0 aromatic heterocycles. The first-order chi connectivity index (χ1) is 14.3. The van der Waals surface area contributed by atoms with Crippen molar-refractivity contribution in [1.29, 1.82) is 0 Å². The molecule has 4 fully saturated rings. The number of fused-ring (bicyclic) bond motifs is 5. The van der Waals surface area contributed by atoms with Gasteiger partial charge < -0.3 is 4.84 Å². The molecule has 4 aliphatic carbocycles. The molecule has 4 rings (SSSR count). The van der Waals surface area contributed by atoms with E-state index in [-0.39, 0.29) is 0 Å². The van der Waals surface area contributed by atoms with E-state index in [2.05, 4.69) is 39.8 Å². The van der Waals surface area contributed by atoms with E-state index in [9.17, 15) is 0 Å². The standard InChI is InChI=1S/C28H49NO/c1-19(2)8-7-9-20(3)24-12-13-25-23-11-10-21-18-22(29-30-6)14-16-27(21,4)26(23)15-17-28(24,25)5/h19-21,23-26H,7-18H2,1-6H3/t20-,21-,23?,24-,25?,26+,27+,28-/m1/s1. The van der Waals surface area contributed by atoms with Crippen LogP contribution in [0.4, 0.5) is 0 Å². The van der Waals surface area contributed by atoms with Crippen molar-refractivity contribution in [2.24, 2.45) is 57.4 Å². The minimum absolute atomic E-state index is 0.554. The normalized spacial score (nSPS) is 45.7. The average molecular weight is 416 g/mol. The van der Waals surface area contributed by atoms with Crippen LogP contribution in [0, 0.1) is 52.3 Å². The van der Waals surface area contributed by atoms with Gasteiger partial charge in [-0.1, -0.05) is 59.0 Å². The number of nitrogens with zero attached hydrogens (tertiary/aromatic N) is 1. The van der Waals surface area contributed by atoms with E-state index < -0.39 is 0 Å². The summed E-state index contributed by atoms with van der Waals surface area (Å²) < 4.78 is 0. The molecule has 0 spiro atoms. The van der Waals surface area contributed by atoms with Gasteiger partial charge in [0.05, 0.1) is 5.71 Å². The summed E-state index contributed by atoms with van der Waals surface area (Å²) in [7, 11) is 1.71. The zero-order valence-electron chi connectivity index (χ0n) is 20.9. The Labute approximate surface area is 187 Å². The Morgan fingerprint density at radius 1 is 0.933 bits per heavy atom. The van der Waals surface area contributed by atoms with Gasteiger partial charge in [-0.15, -0.1) is 0 Å². The van der Waals surface area contributed by atoms with Crippen molar-refractivity contribution in [3.8, 4) is 0 Å². The second-order valence-electron chi connectivity index (χ2n) is 12.7. The van der Waals surface area contributed by atoms with Crippen molar-refractivity contribution < 1.29 is 4.84 Å². The maximum atomic E-state index is 5.13. The van der Waals surface area contributed by atoms with Crippen LogP contribution in [0.25, 0.3) is 0 Å². The van der Waals surface area contributed by atoms with E-state index in [4.69, 9.17) is 4.84 Å². The molecular weight excluding hydrogens is 366 g/mol. The summed E-state index contributed by atoms with van der Waals surface area (Å²) in [5.74, 6) is 6.57. The Morgan fingerprint density at radius 3 is 2.43 bits per heavy atom. The molecular formula is C28H49NO. The van der Waals surface area contributed by atoms with Gasteiger partial charge in [0.15, 0.2) is 0 Å². The Kier molecular flexibility index (Phi) is 6.63.